The molecule has 2 N–H and O–H groups in total. The highest BCUT2D eigenvalue weighted by Gasteiger charge is 2.01. The Hall–Kier alpha value is -1.30. The molecule has 0 amide bonds. The number of halogens is 2. The molecule has 0 aromatic heterocycles. The van der Waals surface area contributed by atoms with Gasteiger partial charge in [0.25, 0.3) is 0 Å². The Balaban J connectivity index is 2.02. The van der Waals surface area contributed by atoms with Crippen LogP contribution in [0.5, 0.6) is 5.75 Å². The maximum Gasteiger partial charge on any atom is 0.149 e. The third-order valence-electron chi connectivity index (χ3n) is 2.29. The minimum atomic E-state index is -0.454. The fraction of sp³-hybridized carbons (Fsp3) is 0.0769. The van der Waals surface area contributed by atoms with Gasteiger partial charge in [-0.2, -0.15) is 0 Å². The Labute approximate surface area is 113 Å². The summed E-state index contributed by atoms with van der Waals surface area (Å²) in [6, 6.07) is 12.4. The van der Waals surface area contributed by atoms with Gasteiger partial charge in [0.1, 0.15) is 18.2 Å². The third-order valence-corrected chi connectivity index (χ3v) is 3.01. The van der Waals surface area contributed by atoms with Gasteiger partial charge in [-0.3, -0.25) is 0 Å². The summed E-state index contributed by atoms with van der Waals surface area (Å²) in [5.41, 5.74) is 6.56. The maximum atomic E-state index is 13.2. The lowest BCUT2D eigenvalue weighted by Gasteiger charge is -2.07. The van der Waals surface area contributed by atoms with Crippen molar-refractivity contribution in [3.05, 3.63) is 57.4 Å². The fourth-order valence-electron chi connectivity index (χ4n) is 1.34. The first kappa shape index (κ1) is 12.2. The molecule has 2 rings (SSSR count). The second kappa shape index (κ2) is 5.35. The molecular weight excluding hydrogens is 332 g/mol. The monoisotopic (exact) mass is 343 g/mol. The third kappa shape index (κ3) is 3.33. The summed E-state index contributed by atoms with van der Waals surface area (Å²) in [5, 5.41) is 0. The molecule has 0 spiro atoms. The first-order chi connectivity index (χ1) is 8.15. The quantitative estimate of drug-likeness (QED) is 0.683. The predicted molar refractivity (Wildman–Crippen MR) is 74.3 cm³/mol. The smallest absolute Gasteiger partial charge is 0.149 e. The highest BCUT2D eigenvalue weighted by Crippen LogP contribution is 2.19. The lowest BCUT2D eigenvalue weighted by molar-refractivity contribution is 0.304. The van der Waals surface area contributed by atoms with E-state index in [0.717, 1.165) is 5.56 Å². The lowest BCUT2D eigenvalue weighted by atomic mass is 10.2. The van der Waals surface area contributed by atoms with Crippen LogP contribution in [0.2, 0.25) is 0 Å². The zero-order chi connectivity index (χ0) is 12.3. The van der Waals surface area contributed by atoms with Gasteiger partial charge < -0.3 is 10.5 Å². The fourth-order valence-corrected chi connectivity index (χ4v) is 1.70. The van der Waals surface area contributed by atoms with Crippen molar-refractivity contribution in [3.63, 3.8) is 0 Å². The van der Waals surface area contributed by atoms with Crippen LogP contribution >= 0.6 is 22.6 Å². The molecule has 0 radical (unpaired) electrons. The first-order valence-corrected chi connectivity index (χ1v) is 6.15. The topological polar surface area (TPSA) is 35.2 Å². The van der Waals surface area contributed by atoms with Gasteiger partial charge in [0.15, 0.2) is 0 Å². The van der Waals surface area contributed by atoms with Gasteiger partial charge in [-0.05, 0) is 52.4 Å². The molecule has 2 aromatic rings. The van der Waals surface area contributed by atoms with Crippen molar-refractivity contribution in [2.24, 2.45) is 0 Å². The van der Waals surface area contributed by atoms with Crippen molar-refractivity contribution < 1.29 is 9.13 Å². The summed E-state index contributed by atoms with van der Waals surface area (Å²) in [5.74, 6) is 0.0281. The normalized spacial score (nSPS) is 10.2. The molecular formula is C13H11FINO. The Kier molecular flexibility index (Phi) is 3.83. The molecule has 88 valence electrons. The zero-order valence-corrected chi connectivity index (χ0v) is 11.1. The highest BCUT2D eigenvalue weighted by atomic mass is 127. The van der Waals surface area contributed by atoms with Crippen molar-refractivity contribution in [2.45, 2.75) is 6.61 Å². The van der Waals surface area contributed by atoms with Crippen LogP contribution in [0.3, 0.4) is 0 Å². The van der Waals surface area contributed by atoms with Crippen LogP contribution in [-0.4, -0.2) is 0 Å². The van der Waals surface area contributed by atoms with E-state index >= 15 is 0 Å². The van der Waals surface area contributed by atoms with E-state index < -0.39 is 5.82 Å². The van der Waals surface area contributed by atoms with Gasteiger partial charge in [-0.1, -0.05) is 12.1 Å². The molecule has 0 fully saturated rings. The van der Waals surface area contributed by atoms with Crippen LogP contribution in [0.1, 0.15) is 5.56 Å². The van der Waals surface area contributed by atoms with Gasteiger partial charge in [0, 0.05) is 9.64 Å². The number of nitrogen functional groups attached to an aromatic ring is 1. The molecule has 0 aliphatic heterocycles. The Morgan fingerprint density at radius 1 is 1.12 bits per heavy atom. The van der Waals surface area contributed by atoms with E-state index in [2.05, 4.69) is 22.6 Å². The molecule has 0 aliphatic rings. The average Bonchev–Trinajstić information content (AvgIpc) is 2.33. The largest absolute Gasteiger partial charge is 0.489 e. The molecule has 0 saturated heterocycles. The van der Waals surface area contributed by atoms with Gasteiger partial charge in [-0.25, -0.2) is 4.39 Å². The van der Waals surface area contributed by atoms with Gasteiger partial charge >= 0.3 is 0 Å². The predicted octanol–water partition coefficient (Wildman–Crippen LogP) is 3.59. The summed E-state index contributed by atoms with van der Waals surface area (Å²) in [7, 11) is 0. The second-order valence-electron chi connectivity index (χ2n) is 3.60. The number of ether oxygens (including phenoxy) is 1. The molecule has 0 aliphatic carbocycles. The zero-order valence-electron chi connectivity index (χ0n) is 8.99. The average molecular weight is 343 g/mol. The lowest BCUT2D eigenvalue weighted by Crippen LogP contribution is -1.97. The number of benzene rings is 2. The van der Waals surface area contributed by atoms with Gasteiger partial charge in [0.2, 0.25) is 0 Å². The molecule has 17 heavy (non-hydrogen) atoms. The highest BCUT2D eigenvalue weighted by molar-refractivity contribution is 14.1. The Bertz CT molecular complexity index is 513. The standard InChI is InChI=1S/C13H11FINO/c14-12-7-11(5-6-13(12)16)17-8-9-1-3-10(15)4-2-9/h1-7H,8,16H2. The summed E-state index contributed by atoms with van der Waals surface area (Å²) in [6.07, 6.45) is 0. The summed E-state index contributed by atoms with van der Waals surface area (Å²) in [6.45, 7) is 0.417. The minimum absolute atomic E-state index is 0.131. The van der Waals surface area contributed by atoms with Gasteiger partial charge in [0.05, 0.1) is 5.69 Å². The maximum absolute atomic E-state index is 13.2. The number of anilines is 1. The first-order valence-electron chi connectivity index (χ1n) is 5.07. The van der Waals surface area contributed by atoms with E-state index in [1.165, 1.54) is 15.7 Å². The number of nitrogens with two attached hydrogens (primary N) is 1. The van der Waals surface area contributed by atoms with E-state index in [0.29, 0.717) is 12.4 Å². The molecule has 4 heteroatoms. The van der Waals surface area contributed by atoms with Crippen LogP contribution in [0, 0.1) is 9.39 Å². The second-order valence-corrected chi connectivity index (χ2v) is 4.84. The molecule has 0 atom stereocenters. The van der Waals surface area contributed by atoms with Crippen LogP contribution in [-0.2, 0) is 6.61 Å². The van der Waals surface area contributed by atoms with Crippen LogP contribution in [0.15, 0.2) is 42.5 Å². The van der Waals surface area contributed by atoms with E-state index in [1.807, 2.05) is 24.3 Å². The van der Waals surface area contributed by atoms with Crippen molar-refractivity contribution in [3.8, 4) is 5.75 Å². The summed E-state index contributed by atoms with van der Waals surface area (Å²) < 4.78 is 19.8. The molecule has 2 aromatic carbocycles. The van der Waals surface area contributed by atoms with Gasteiger partial charge in [-0.15, -0.1) is 0 Å². The Morgan fingerprint density at radius 2 is 1.82 bits per heavy atom. The van der Waals surface area contributed by atoms with Crippen LogP contribution < -0.4 is 10.5 Å². The Morgan fingerprint density at radius 3 is 2.47 bits per heavy atom. The van der Waals surface area contributed by atoms with E-state index in [-0.39, 0.29) is 5.69 Å². The molecule has 2 nitrogen and oxygen atoms in total. The van der Waals surface area contributed by atoms with E-state index in [1.54, 1.807) is 6.07 Å². The molecule has 0 saturated carbocycles. The van der Waals surface area contributed by atoms with Crippen LogP contribution in [0.25, 0.3) is 0 Å². The number of hydrogen-bond donors (Lipinski definition) is 1. The molecule has 0 heterocycles. The van der Waals surface area contributed by atoms with E-state index in [4.69, 9.17) is 10.5 Å². The van der Waals surface area contributed by atoms with Crippen LogP contribution in [0.4, 0.5) is 10.1 Å². The van der Waals surface area contributed by atoms with Crippen molar-refractivity contribution in [1.82, 2.24) is 0 Å². The minimum Gasteiger partial charge on any atom is -0.489 e. The van der Waals surface area contributed by atoms with Crippen molar-refractivity contribution in [2.75, 3.05) is 5.73 Å². The summed E-state index contributed by atoms with van der Waals surface area (Å²) in [4.78, 5) is 0. The SMILES string of the molecule is Nc1ccc(OCc2ccc(I)cc2)cc1F. The molecule has 0 unspecified atom stereocenters. The summed E-state index contributed by atoms with van der Waals surface area (Å²) >= 11 is 2.24. The van der Waals surface area contributed by atoms with Crippen molar-refractivity contribution >= 4 is 28.3 Å². The number of rotatable bonds is 3. The number of hydrogen-bond acceptors (Lipinski definition) is 2. The molecule has 0 bridgehead atoms. The van der Waals surface area contributed by atoms with Crippen molar-refractivity contribution in [1.29, 1.82) is 0 Å². The van der Waals surface area contributed by atoms with E-state index in [9.17, 15) is 4.39 Å².